The molecular formula is C14H23ClN4O3S. The van der Waals surface area contributed by atoms with E-state index in [0.717, 1.165) is 38.9 Å². The van der Waals surface area contributed by atoms with Gasteiger partial charge in [0.15, 0.2) is 0 Å². The molecule has 2 aliphatic heterocycles. The number of halogens is 1. The quantitative estimate of drug-likeness (QED) is 0.827. The first kappa shape index (κ1) is 18.3. The first-order chi connectivity index (χ1) is 10.6. The molecule has 0 saturated carbocycles. The van der Waals surface area contributed by atoms with Crippen molar-refractivity contribution in [2.45, 2.75) is 24.2 Å². The maximum atomic E-state index is 12.7. The molecule has 2 saturated heterocycles. The Balaban J connectivity index is 0.00000192. The smallest absolute Gasteiger partial charge is 0.270 e. The molecule has 1 aromatic heterocycles. The monoisotopic (exact) mass is 362 g/mol. The molecule has 1 aromatic rings. The lowest BCUT2D eigenvalue weighted by Crippen LogP contribution is -2.34. The van der Waals surface area contributed by atoms with Crippen LogP contribution < -0.4 is 5.32 Å². The van der Waals surface area contributed by atoms with Gasteiger partial charge in [-0.05, 0) is 31.9 Å². The van der Waals surface area contributed by atoms with Gasteiger partial charge in [0.25, 0.3) is 5.91 Å². The Morgan fingerprint density at radius 1 is 1.04 bits per heavy atom. The van der Waals surface area contributed by atoms with Gasteiger partial charge in [-0.2, -0.15) is 4.31 Å². The maximum absolute atomic E-state index is 12.7. The number of nitrogens with one attached hydrogen (secondary N) is 2. The van der Waals surface area contributed by atoms with E-state index in [1.165, 1.54) is 16.6 Å². The number of carbonyl (C=O) groups excluding carboxylic acids is 1. The van der Waals surface area contributed by atoms with E-state index in [2.05, 4.69) is 10.3 Å². The summed E-state index contributed by atoms with van der Waals surface area (Å²) in [6.07, 6.45) is 4.25. The number of rotatable bonds is 3. The van der Waals surface area contributed by atoms with Crippen molar-refractivity contribution in [2.24, 2.45) is 0 Å². The number of amides is 1. The Bertz CT molecular complexity index is 632. The molecule has 0 radical (unpaired) electrons. The number of hydrogen-bond acceptors (Lipinski definition) is 4. The van der Waals surface area contributed by atoms with Crippen LogP contribution in [0, 0.1) is 0 Å². The van der Waals surface area contributed by atoms with Crippen LogP contribution in [0.4, 0.5) is 0 Å². The average molecular weight is 363 g/mol. The van der Waals surface area contributed by atoms with Crippen LogP contribution >= 0.6 is 12.4 Å². The predicted molar refractivity (Wildman–Crippen MR) is 89.4 cm³/mol. The lowest BCUT2D eigenvalue weighted by atomic mass is 10.4. The molecule has 0 unspecified atom stereocenters. The second-order valence-electron chi connectivity index (χ2n) is 5.76. The highest BCUT2D eigenvalue weighted by Gasteiger charge is 2.28. The molecule has 23 heavy (non-hydrogen) atoms. The van der Waals surface area contributed by atoms with E-state index in [9.17, 15) is 13.2 Å². The SMILES string of the molecule is Cl.O=C(c1cc(S(=O)(=O)N2CCCNCC2)c[nH]1)N1CCCC1. The van der Waals surface area contributed by atoms with Crippen molar-refractivity contribution < 1.29 is 13.2 Å². The van der Waals surface area contributed by atoms with E-state index in [0.29, 0.717) is 25.3 Å². The van der Waals surface area contributed by atoms with Gasteiger partial charge in [-0.3, -0.25) is 4.79 Å². The van der Waals surface area contributed by atoms with Crippen LogP contribution in [0.3, 0.4) is 0 Å². The summed E-state index contributed by atoms with van der Waals surface area (Å²) in [5.74, 6) is -0.114. The largest absolute Gasteiger partial charge is 0.356 e. The van der Waals surface area contributed by atoms with E-state index in [1.54, 1.807) is 4.90 Å². The van der Waals surface area contributed by atoms with Crippen LogP contribution in [0.15, 0.2) is 17.2 Å². The second kappa shape index (κ2) is 7.65. The van der Waals surface area contributed by atoms with Gasteiger partial charge < -0.3 is 15.2 Å². The molecule has 0 aliphatic carbocycles. The van der Waals surface area contributed by atoms with Gasteiger partial charge in [0.05, 0.1) is 0 Å². The van der Waals surface area contributed by atoms with E-state index in [1.807, 2.05) is 0 Å². The average Bonchev–Trinajstić information content (AvgIpc) is 3.13. The minimum atomic E-state index is -3.53. The van der Waals surface area contributed by atoms with E-state index < -0.39 is 10.0 Å². The highest BCUT2D eigenvalue weighted by molar-refractivity contribution is 7.89. The molecule has 3 heterocycles. The third-order valence-corrected chi connectivity index (χ3v) is 6.09. The van der Waals surface area contributed by atoms with Crippen LogP contribution in [0.2, 0.25) is 0 Å². The highest BCUT2D eigenvalue weighted by atomic mass is 35.5. The summed E-state index contributed by atoms with van der Waals surface area (Å²) in [7, 11) is -3.53. The van der Waals surface area contributed by atoms with Crippen molar-refractivity contribution >= 4 is 28.3 Å². The first-order valence-electron chi connectivity index (χ1n) is 7.77. The number of aromatic nitrogens is 1. The van der Waals surface area contributed by atoms with Crippen LogP contribution in [-0.4, -0.2) is 67.8 Å². The number of nitrogens with zero attached hydrogens (tertiary/aromatic N) is 2. The molecule has 2 N–H and O–H groups in total. The number of H-pyrrole nitrogens is 1. The third-order valence-electron chi connectivity index (χ3n) is 4.22. The molecule has 0 atom stereocenters. The Morgan fingerprint density at radius 2 is 1.78 bits per heavy atom. The van der Waals surface area contributed by atoms with E-state index >= 15 is 0 Å². The van der Waals surface area contributed by atoms with Crippen molar-refractivity contribution in [2.75, 3.05) is 39.3 Å². The summed E-state index contributed by atoms with van der Waals surface area (Å²) in [4.78, 5) is 17.1. The van der Waals surface area contributed by atoms with Gasteiger partial charge in [-0.1, -0.05) is 0 Å². The molecule has 0 aromatic carbocycles. The zero-order valence-electron chi connectivity index (χ0n) is 13.0. The topological polar surface area (TPSA) is 85.5 Å². The third kappa shape index (κ3) is 3.88. The van der Waals surface area contributed by atoms with Gasteiger partial charge in [0.2, 0.25) is 10.0 Å². The fourth-order valence-corrected chi connectivity index (χ4v) is 4.42. The number of hydrogen-bond donors (Lipinski definition) is 2. The Morgan fingerprint density at radius 3 is 2.52 bits per heavy atom. The molecule has 2 aliphatic rings. The molecular weight excluding hydrogens is 340 g/mol. The molecule has 0 bridgehead atoms. The van der Waals surface area contributed by atoms with Gasteiger partial charge in [0.1, 0.15) is 10.6 Å². The summed E-state index contributed by atoms with van der Waals surface area (Å²) in [6, 6.07) is 1.47. The Hall–Kier alpha value is -1.09. The molecule has 7 nitrogen and oxygen atoms in total. The van der Waals surface area contributed by atoms with Crippen LogP contribution in [0.5, 0.6) is 0 Å². The lowest BCUT2D eigenvalue weighted by molar-refractivity contribution is 0.0787. The van der Waals surface area contributed by atoms with Gasteiger partial charge in [-0.15, -0.1) is 12.4 Å². The first-order valence-corrected chi connectivity index (χ1v) is 9.21. The lowest BCUT2D eigenvalue weighted by Gasteiger charge is -2.18. The Kier molecular flexibility index (Phi) is 6.07. The van der Waals surface area contributed by atoms with Crippen molar-refractivity contribution in [3.05, 3.63) is 18.0 Å². The molecule has 9 heteroatoms. The summed E-state index contributed by atoms with van der Waals surface area (Å²) < 4.78 is 26.8. The number of sulfonamides is 1. The highest BCUT2D eigenvalue weighted by Crippen LogP contribution is 2.19. The summed E-state index contributed by atoms with van der Waals surface area (Å²) >= 11 is 0. The zero-order valence-corrected chi connectivity index (χ0v) is 14.6. The minimum absolute atomic E-state index is 0. The normalized spacial score (nSPS) is 20.1. The van der Waals surface area contributed by atoms with Gasteiger partial charge in [0, 0.05) is 38.9 Å². The van der Waals surface area contributed by atoms with Crippen LogP contribution in [-0.2, 0) is 10.0 Å². The van der Waals surface area contributed by atoms with Crippen LogP contribution in [0.25, 0.3) is 0 Å². The molecule has 3 rings (SSSR count). The van der Waals surface area contributed by atoms with Crippen molar-refractivity contribution in [3.63, 3.8) is 0 Å². The van der Waals surface area contributed by atoms with Crippen molar-refractivity contribution in [3.8, 4) is 0 Å². The predicted octanol–water partition coefficient (Wildman–Crippen LogP) is 0.656. The van der Waals surface area contributed by atoms with Crippen molar-refractivity contribution in [1.82, 2.24) is 19.5 Å². The molecule has 2 fully saturated rings. The van der Waals surface area contributed by atoms with Gasteiger partial charge >= 0.3 is 0 Å². The number of aromatic amines is 1. The molecule has 0 spiro atoms. The number of carbonyl (C=O) groups is 1. The summed E-state index contributed by atoms with van der Waals surface area (Å²) in [6.45, 7) is 3.95. The Labute approximate surface area is 142 Å². The second-order valence-corrected chi connectivity index (χ2v) is 7.69. The summed E-state index contributed by atoms with van der Waals surface area (Å²) in [5, 5.41) is 3.19. The zero-order chi connectivity index (χ0) is 15.6. The molecule has 130 valence electrons. The summed E-state index contributed by atoms with van der Waals surface area (Å²) in [5.41, 5.74) is 0.355. The maximum Gasteiger partial charge on any atom is 0.270 e. The van der Waals surface area contributed by atoms with Crippen LogP contribution in [0.1, 0.15) is 29.8 Å². The van der Waals surface area contributed by atoms with E-state index in [-0.39, 0.29) is 23.2 Å². The van der Waals surface area contributed by atoms with Gasteiger partial charge in [-0.25, -0.2) is 8.42 Å². The standard InChI is InChI=1S/C14H22N4O3S.ClH/c19-14(17-6-1-2-7-17)13-10-12(11-16-13)22(20,21)18-8-3-4-15-5-9-18;/h10-11,15-16H,1-9H2;1H. The van der Waals surface area contributed by atoms with Crippen molar-refractivity contribution in [1.29, 1.82) is 0 Å². The number of likely N-dealkylation sites (tertiary alicyclic amines) is 1. The fraction of sp³-hybridized carbons (Fsp3) is 0.643. The minimum Gasteiger partial charge on any atom is -0.356 e. The fourth-order valence-electron chi connectivity index (χ4n) is 2.95. The molecule has 1 amide bonds. The van der Waals surface area contributed by atoms with E-state index in [4.69, 9.17) is 0 Å².